The quantitative estimate of drug-likeness (QED) is 0.614. The van der Waals surface area contributed by atoms with E-state index in [0.717, 1.165) is 25.0 Å². The van der Waals surface area contributed by atoms with Gasteiger partial charge in [0.2, 0.25) is 0 Å². The van der Waals surface area contributed by atoms with Gasteiger partial charge in [-0.25, -0.2) is 13.2 Å². The molecule has 2 atom stereocenters. The molecule has 1 aliphatic rings. The lowest BCUT2D eigenvalue weighted by atomic mass is 9.60. The summed E-state index contributed by atoms with van der Waals surface area (Å²) in [7, 11) is 0. The van der Waals surface area contributed by atoms with Crippen LogP contribution in [0.3, 0.4) is 0 Å². The van der Waals surface area contributed by atoms with E-state index in [9.17, 15) is 13.2 Å². The predicted molar refractivity (Wildman–Crippen MR) is 79.6 cm³/mol. The SMILES string of the molecule is CC1CC(C(C)(C)c2cc(F)c(F)c(F)c2)CC(C)C1C. The van der Waals surface area contributed by atoms with Crippen molar-refractivity contribution in [2.45, 2.75) is 52.9 Å². The van der Waals surface area contributed by atoms with Crippen LogP contribution in [0.4, 0.5) is 13.2 Å². The van der Waals surface area contributed by atoms with Gasteiger partial charge in [-0.05, 0) is 59.6 Å². The van der Waals surface area contributed by atoms with Crippen molar-refractivity contribution < 1.29 is 13.2 Å². The van der Waals surface area contributed by atoms with Crippen LogP contribution in [0.2, 0.25) is 0 Å². The summed E-state index contributed by atoms with van der Waals surface area (Å²) in [5.41, 5.74) is 0.191. The zero-order valence-corrected chi connectivity index (χ0v) is 13.5. The van der Waals surface area contributed by atoms with Gasteiger partial charge in [0, 0.05) is 0 Å². The Morgan fingerprint density at radius 2 is 1.33 bits per heavy atom. The molecule has 0 nitrogen and oxygen atoms in total. The Hall–Kier alpha value is -0.990. The zero-order valence-electron chi connectivity index (χ0n) is 13.5. The van der Waals surface area contributed by atoms with Crippen LogP contribution in [-0.2, 0) is 5.41 Å². The normalized spacial score (nSPS) is 30.5. The Balaban J connectivity index is 2.33. The Kier molecular flexibility index (Phi) is 4.41. The van der Waals surface area contributed by atoms with Crippen LogP contribution in [0.25, 0.3) is 0 Å². The molecule has 2 unspecified atom stereocenters. The molecule has 1 fully saturated rings. The van der Waals surface area contributed by atoms with Gasteiger partial charge in [-0.15, -0.1) is 0 Å². The highest BCUT2D eigenvalue weighted by molar-refractivity contribution is 5.27. The van der Waals surface area contributed by atoms with E-state index >= 15 is 0 Å². The van der Waals surface area contributed by atoms with Crippen molar-refractivity contribution in [2.75, 3.05) is 0 Å². The Labute approximate surface area is 125 Å². The summed E-state index contributed by atoms with van der Waals surface area (Å²) in [6.45, 7) is 10.8. The van der Waals surface area contributed by atoms with E-state index in [1.807, 2.05) is 13.8 Å². The monoisotopic (exact) mass is 298 g/mol. The van der Waals surface area contributed by atoms with Gasteiger partial charge < -0.3 is 0 Å². The van der Waals surface area contributed by atoms with E-state index in [1.165, 1.54) is 0 Å². The molecule has 0 aromatic heterocycles. The summed E-state index contributed by atoms with van der Waals surface area (Å²) >= 11 is 0. The van der Waals surface area contributed by atoms with Crippen molar-refractivity contribution in [3.05, 3.63) is 35.1 Å². The van der Waals surface area contributed by atoms with Crippen LogP contribution < -0.4 is 0 Å². The summed E-state index contributed by atoms with van der Waals surface area (Å²) in [5.74, 6) is -1.37. The average Bonchev–Trinajstić information content (AvgIpc) is 2.40. The van der Waals surface area contributed by atoms with Gasteiger partial charge in [0.05, 0.1) is 0 Å². The minimum atomic E-state index is -1.38. The molecule has 3 heteroatoms. The molecule has 0 heterocycles. The van der Waals surface area contributed by atoms with Crippen LogP contribution in [0.5, 0.6) is 0 Å². The minimum absolute atomic E-state index is 0.350. The average molecular weight is 298 g/mol. The Morgan fingerprint density at radius 3 is 1.76 bits per heavy atom. The maximum absolute atomic E-state index is 13.5. The van der Waals surface area contributed by atoms with Crippen molar-refractivity contribution in [2.24, 2.45) is 23.7 Å². The highest BCUT2D eigenvalue weighted by Gasteiger charge is 2.39. The molecule has 0 amide bonds. The van der Waals surface area contributed by atoms with E-state index in [0.29, 0.717) is 29.2 Å². The van der Waals surface area contributed by atoms with Crippen LogP contribution in [-0.4, -0.2) is 0 Å². The van der Waals surface area contributed by atoms with Gasteiger partial charge in [0.15, 0.2) is 17.5 Å². The number of halogens is 3. The first-order chi connectivity index (χ1) is 9.64. The van der Waals surface area contributed by atoms with Gasteiger partial charge in [0.25, 0.3) is 0 Å². The third kappa shape index (κ3) is 2.97. The highest BCUT2D eigenvalue weighted by atomic mass is 19.2. The second-order valence-corrected chi connectivity index (χ2v) is 7.46. The van der Waals surface area contributed by atoms with Crippen LogP contribution >= 0.6 is 0 Å². The predicted octanol–water partition coefficient (Wildman–Crippen LogP) is 5.70. The van der Waals surface area contributed by atoms with E-state index < -0.39 is 17.5 Å². The van der Waals surface area contributed by atoms with Gasteiger partial charge in [0.1, 0.15) is 0 Å². The van der Waals surface area contributed by atoms with Crippen molar-refractivity contribution in [3.8, 4) is 0 Å². The number of hydrogen-bond acceptors (Lipinski definition) is 0. The van der Waals surface area contributed by atoms with E-state index in [4.69, 9.17) is 0 Å². The third-order valence-electron chi connectivity index (χ3n) is 5.86. The van der Waals surface area contributed by atoms with Crippen LogP contribution in [0, 0.1) is 41.1 Å². The molecule has 0 spiro atoms. The van der Waals surface area contributed by atoms with E-state index in [1.54, 1.807) is 0 Å². The van der Waals surface area contributed by atoms with Crippen molar-refractivity contribution >= 4 is 0 Å². The molecule has 0 N–H and O–H groups in total. The molecular weight excluding hydrogens is 273 g/mol. The minimum Gasteiger partial charge on any atom is -0.204 e. The number of hydrogen-bond donors (Lipinski definition) is 0. The molecule has 1 aromatic rings. The molecule has 0 saturated heterocycles. The molecule has 1 aliphatic carbocycles. The number of rotatable bonds is 2. The molecule has 0 bridgehead atoms. The standard InChI is InChI=1S/C18H25F3/c1-10-6-13(7-11(2)12(10)3)18(4,5)14-8-15(19)17(21)16(20)9-14/h8-13H,6-7H2,1-5H3. The third-order valence-corrected chi connectivity index (χ3v) is 5.86. The lowest BCUT2D eigenvalue weighted by Gasteiger charge is -2.45. The van der Waals surface area contributed by atoms with Crippen molar-refractivity contribution in [3.63, 3.8) is 0 Å². The lowest BCUT2D eigenvalue weighted by molar-refractivity contribution is 0.0974. The topological polar surface area (TPSA) is 0 Å². The van der Waals surface area contributed by atoms with Gasteiger partial charge >= 0.3 is 0 Å². The summed E-state index contributed by atoms with van der Waals surface area (Å²) in [4.78, 5) is 0. The Bertz CT molecular complexity index is 486. The fourth-order valence-electron chi connectivity index (χ4n) is 3.74. The first-order valence-corrected chi connectivity index (χ1v) is 7.79. The first kappa shape index (κ1) is 16.4. The maximum Gasteiger partial charge on any atom is 0.194 e. The zero-order chi connectivity index (χ0) is 15.9. The molecular formula is C18H25F3. The summed E-state index contributed by atoms with van der Waals surface area (Å²) < 4.78 is 40.2. The van der Waals surface area contributed by atoms with Crippen molar-refractivity contribution in [1.29, 1.82) is 0 Å². The van der Waals surface area contributed by atoms with Gasteiger partial charge in [-0.3, -0.25) is 0 Å². The molecule has 1 aromatic carbocycles. The summed E-state index contributed by atoms with van der Waals surface area (Å²) in [6.07, 6.45) is 2.08. The molecule has 2 rings (SSSR count). The van der Waals surface area contributed by atoms with E-state index in [2.05, 4.69) is 20.8 Å². The van der Waals surface area contributed by atoms with Gasteiger partial charge in [-0.2, -0.15) is 0 Å². The highest BCUT2D eigenvalue weighted by Crippen LogP contribution is 2.46. The summed E-state index contributed by atoms with van der Waals surface area (Å²) in [6, 6.07) is 2.32. The van der Waals surface area contributed by atoms with Crippen LogP contribution in [0.1, 0.15) is 53.0 Å². The molecule has 118 valence electrons. The molecule has 0 radical (unpaired) electrons. The largest absolute Gasteiger partial charge is 0.204 e. The summed E-state index contributed by atoms with van der Waals surface area (Å²) in [5, 5.41) is 0. The van der Waals surface area contributed by atoms with Crippen molar-refractivity contribution in [1.82, 2.24) is 0 Å². The smallest absolute Gasteiger partial charge is 0.194 e. The molecule has 1 saturated carbocycles. The first-order valence-electron chi connectivity index (χ1n) is 7.79. The van der Waals surface area contributed by atoms with Gasteiger partial charge in [-0.1, -0.05) is 34.6 Å². The number of benzene rings is 1. The second kappa shape index (κ2) is 5.66. The maximum atomic E-state index is 13.5. The fraction of sp³-hybridized carbons (Fsp3) is 0.667. The fourth-order valence-corrected chi connectivity index (χ4v) is 3.74. The van der Waals surface area contributed by atoms with Crippen LogP contribution in [0.15, 0.2) is 12.1 Å². The second-order valence-electron chi connectivity index (χ2n) is 7.46. The Morgan fingerprint density at radius 1 is 0.905 bits per heavy atom. The molecule has 0 aliphatic heterocycles. The molecule has 21 heavy (non-hydrogen) atoms. The van der Waals surface area contributed by atoms with E-state index in [-0.39, 0.29) is 5.41 Å². The lowest BCUT2D eigenvalue weighted by Crippen LogP contribution is -2.38.